The summed E-state index contributed by atoms with van der Waals surface area (Å²) in [5.41, 5.74) is 4.00. The summed E-state index contributed by atoms with van der Waals surface area (Å²) in [4.78, 5) is 18.8. The monoisotopic (exact) mass is 247 g/mol. The molecule has 2 heterocycles. The van der Waals surface area contributed by atoms with Gasteiger partial charge in [-0.25, -0.2) is 4.79 Å². The van der Waals surface area contributed by atoms with Crippen LogP contribution in [0.2, 0.25) is 0 Å². The first kappa shape index (κ1) is 10.1. The Bertz CT molecular complexity index is 684. The third-order valence-electron chi connectivity index (χ3n) is 2.37. The maximum atomic E-state index is 11.0. The summed E-state index contributed by atoms with van der Waals surface area (Å²) < 4.78 is 4.93. The molecule has 0 atom stereocenters. The zero-order chi connectivity index (χ0) is 11.7. The van der Waals surface area contributed by atoms with Crippen LogP contribution in [0.1, 0.15) is 4.88 Å². The summed E-state index contributed by atoms with van der Waals surface area (Å²) in [5, 5.41) is 3.26. The summed E-state index contributed by atoms with van der Waals surface area (Å²) in [6.07, 6.45) is 1.83. The predicted molar refractivity (Wildman–Crippen MR) is 66.3 cm³/mol. The van der Waals surface area contributed by atoms with Crippen molar-refractivity contribution in [2.45, 2.75) is 6.54 Å². The van der Waals surface area contributed by atoms with E-state index in [1.807, 2.05) is 18.3 Å². The Balaban J connectivity index is 1.83. The number of anilines is 1. The molecule has 2 N–H and O–H groups in total. The molecule has 0 amide bonds. The normalized spacial score (nSPS) is 10.8. The van der Waals surface area contributed by atoms with Gasteiger partial charge in [0.2, 0.25) is 0 Å². The van der Waals surface area contributed by atoms with Crippen molar-refractivity contribution >= 4 is 28.1 Å². The summed E-state index contributed by atoms with van der Waals surface area (Å²) in [6.45, 7) is 0.720. The molecule has 0 spiro atoms. The minimum Gasteiger partial charge on any atom is -0.408 e. The molecule has 0 radical (unpaired) electrons. The van der Waals surface area contributed by atoms with Crippen molar-refractivity contribution < 1.29 is 4.42 Å². The second kappa shape index (κ2) is 4.06. The van der Waals surface area contributed by atoms with Crippen LogP contribution in [0.4, 0.5) is 5.69 Å². The van der Waals surface area contributed by atoms with Gasteiger partial charge in [-0.2, -0.15) is 0 Å². The highest BCUT2D eigenvalue weighted by atomic mass is 32.1. The lowest BCUT2D eigenvalue weighted by Gasteiger charge is -2.03. The lowest BCUT2D eigenvalue weighted by atomic mass is 10.3. The van der Waals surface area contributed by atoms with Gasteiger partial charge in [-0.1, -0.05) is 0 Å². The molecule has 0 bridgehead atoms. The topological polar surface area (TPSA) is 70.9 Å². The van der Waals surface area contributed by atoms with E-state index >= 15 is 0 Å². The van der Waals surface area contributed by atoms with E-state index < -0.39 is 5.76 Å². The minimum absolute atomic E-state index is 0.431. The number of fused-ring (bicyclic) bond motifs is 1. The summed E-state index contributed by atoms with van der Waals surface area (Å²) in [7, 11) is 0. The van der Waals surface area contributed by atoms with Crippen molar-refractivity contribution in [3.8, 4) is 0 Å². The van der Waals surface area contributed by atoms with Crippen LogP contribution in [0.5, 0.6) is 0 Å². The molecular weight excluding hydrogens is 238 g/mol. The fourth-order valence-corrected chi connectivity index (χ4v) is 2.11. The molecule has 3 aromatic rings. The zero-order valence-corrected chi connectivity index (χ0v) is 9.58. The first-order valence-electron chi connectivity index (χ1n) is 5.05. The van der Waals surface area contributed by atoms with Gasteiger partial charge in [-0.15, -0.1) is 11.3 Å². The van der Waals surface area contributed by atoms with Gasteiger partial charge in [0.15, 0.2) is 5.58 Å². The Morgan fingerprint density at radius 2 is 2.41 bits per heavy atom. The predicted octanol–water partition coefficient (Wildman–Crippen LogP) is 2.19. The van der Waals surface area contributed by atoms with Crippen molar-refractivity contribution in [2.24, 2.45) is 0 Å². The lowest BCUT2D eigenvalue weighted by Crippen LogP contribution is -1.97. The van der Waals surface area contributed by atoms with E-state index in [0.717, 1.165) is 17.1 Å². The van der Waals surface area contributed by atoms with Gasteiger partial charge >= 0.3 is 5.76 Å². The number of nitrogens with zero attached hydrogens (tertiary/aromatic N) is 1. The highest BCUT2D eigenvalue weighted by Gasteiger charge is 2.02. The van der Waals surface area contributed by atoms with E-state index in [0.29, 0.717) is 11.1 Å². The molecule has 2 aromatic heterocycles. The van der Waals surface area contributed by atoms with Crippen LogP contribution in [0.25, 0.3) is 11.1 Å². The number of nitrogens with one attached hydrogen (secondary N) is 2. The third kappa shape index (κ3) is 2.07. The number of benzene rings is 1. The van der Waals surface area contributed by atoms with Gasteiger partial charge in [0.05, 0.1) is 17.6 Å². The molecule has 6 heteroatoms. The van der Waals surface area contributed by atoms with Crippen molar-refractivity contribution in [1.82, 2.24) is 9.97 Å². The van der Waals surface area contributed by atoms with E-state index in [9.17, 15) is 4.79 Å². The van der Waals surface area contributed by atoms with E-state index in [-0.39, 0.29) is 0 Å². The van der Waals surface area contributed by atoms with Crippen molar-refractivity contribution in [1.29, 1.82) is 0 Å². The van der Waals surface area contributed by atoms with Crippen LogP contribution >= 0.6 is 11.3 Å². The largest absolute Gasteiger partial charge is 0.417 e. The summed E-state index contributed by atoms with van der Waals surface area (Å²) in [5.74, 6) is -0.431. The van der Waals surface area contributed by atoms with Gasteiger partial charge < -0.3 is 9.73 Å². The second-order valence-electron chi connectivity index (χ2n) is 3.55. The van der Waals surface area contributed by atoms with E-state index in [1.54, 1.807) is 22.9 Å². The van der Waals surface area contributed by atoms with E-state index in [2.05, 4.69) is 15.3 Å². The van der Waals surface area contributed by atoms with Gasteiger partial charge in [-0.05, 0) is 18.2 Å². The molecule has 17 heavy (non-hydrogen) atoms. The van der Waals surface area contributed by atoms with Crippen molar-refractivity contribution in [2.75, 3.05) is 5.32 Å². The molecule has 3 rings (SSSR count). The van der Waals surface area contributed by atoms with Crippen LogP contribution in [0.15, 0.2) is 39.1 Å². The fraction of sp³-hybridized carbons (Fsp3) is 0.0909. The maximum Gasteiger partial charge on any atom is 0.417 e. The van der Waals surface area contributed by atoms with Gasteiger partial charge in [0.1, 0.15) is 0 Å². The van der Waals surface area contributed by atoms with E-state index in [1.165, 1.54) is 0 Å². The Labute approximate surface area is 100 Å². The van der Waals surface area contributed by atoms with Crippen LogP contribution in [0.3, 0.4) is 0 Å². The molecule has 0 aliphatic heterocycles. The first-order chi connectivity index (χ1) is 8.31. The molecule has 0 aliphatic rings. The molecule has 1 aromatic carbocycles. The minimum atomic E-state index is -0.431. The quantitative estimate of drug-likeness (QED) is 0.744. The molecule has 0 saturated heterocycles. The number of aromatic nitrogens is 2. The highest BCUT2D eigenvalue weighted by molar-refractivity contribution is 7.09. The van der Waals surface area contributed by atoms with Crippen molar-refractivity contribution in [3.63, 3.8) is 0 Å². The molecular formula is C11H9N3O2S. The van der Waals surface area contributed by atoms with Crippen LogP contribution in [-0.2, 0) is 6.54 Å². The van der Waals surface area contributed by atoms with Gasteiger partial charge in [-0.3, -0.25) is 9.97 Å². The van der Waals surface area contributed by atoms with Gasteiger partial charge in [0.25, 0.3) is 0 Å². The standard InChI is InChI=1S/C11H9N3O2S/c15-11-14-9-3-7(1-2-10(9)16-11)13-5-8-4-12-6-17-8/h1-4,6,13H,5H2,(H,14,15). The van der Waals surface area contributed by atoms with Gasteiger partial charge in [0, 0.05) is 16.8 Å². The molecule has 0 saturated carbocycles. The zero-order valence-electron chi connectivity index (χ0n) is 8.77. The number of thiazole rings is 1. The SMILES string of the molecule is O=c1[nH]c2cc(NCc3cncs3)ccc2o1. The Morgan fingerprint density at radius 3 is 3.24 bits per heavy atom. The molecule has 0 aliphatic carbocycles. The Hall–Kier alpha value is -2.08. The van der Waals surface area contributed by atoms with Crippen molar-refractivity contribution in [3.05, 3.63) is 45.3 Å². The summed E-state index contributed by atoms with van der Waals surface area (Å²) in [6, 6.07) is 5.49. The van der Waals surface area contributed by atoms with Crippen LogP contribution in [-0.4, -0.2) is 9.97 Å². The molecule has 86 valence electrons. The lowest BCUT2D eigenvalue weighted by molar-refractivity contribution is 0.555. The molecule has 5 nitrogen and oxygen atoms in total. The Kier molecular flexibility index (Phi) is 2.41. The Morgan fingerprint density at radius 1 is 1.47 bits per heavy atom. The second-order valence-corrected chi connectivity index (χ2v) is 4.52. The average Bonchev–Trinajstić information content (AvgIpc) is 2.92. The van der Waals surface area contributed by atoms with E-state index in [4.69, 9.17) is 4.42 Å². The molecule has 0 fully saturated rings. The number of H-pyrrole nitrogens is 1. The molecule has 0 unspecified atom stereocenters. The number of aromatic amines is 1. The number of hydrogen-bond acceptors (Lipinski definition) is 5. The smallest absolute Gasteiger partial charge is 0.408 e. The number of rotatable bonds is 3. The number of hydrogen-bond donors (Lipinski definition) is 2. The van der Waals surface area contributed by atoms with Crippen LogP contribution < -0.4 is 11.1 Å². The average molecular weight is 247 g/mol. The highest BCUT2D eigenvalue weighted by Crippen LogP contribution is 2.17. The third-order valence-corrected chi connectivity index (χ3v) is 3.15. The number of oxazole rings is 1. The first-order valence-corrected chi connectivity index (χ1v) is 5.93. The maximum absolute atomic E-state index is 11.0. The van der Waals surface area contributed by atoms with Crippen LogP contribution in [0, 0.1) is 0 Å². The fourth-order valence-electron chi connectivity index (χ4n) is 1.58. The summed E-state index contributed by atoms with van der Waals surface area (Å²) >= 11 is 1.60.